The Labute approximate surface area is 135 Å². The molecule has 1 N–H and O–H groups in total. The van der Waals surface area contributed by atoms with Crippen molar-refractivity contribution in [3.8, 4) is 0 Å². The molecule has 3 aliphatic rings. The summed E-state index contributed by atoms with van der Waals surface area (Å²) >= 11 is 0. The Morgan fingerprint density at radius 1 is 1.14 bits per heavy atom. The lowest BCUT2D eigenvalue weighted by atomic mass is 9.86. The number of carbonyl (C=O) groups excluding carboxylic acids is 1. The van der Waals surface area contributed by atoms with E-state index < -0.39 is 0 Å². The summed E-state index contributed by atoms with van der Waals surface area (Å²) in [7, 11) is 1.82. The van der Waals surface area contributed by atoms with Gasteiger partial charge < -0.3 is 15.0 Å². The van der Waals surface area contributed by atoms with Crippen molar-refractivity contribution in [2.24, 2.45) is 17.8 Å². The lowest BCUT2D eigenvalue weighted by Gasteiger charge is -2.39. The van der Waals surface area contributed by atoms with Crippen molar-refractivity contribution >= 4 is 5.91 Å². The monoisotopic (exact) mass is 308 g/mol. The Hall–Kier alpha value is -0.610. The van der Waals surface area contributed by atoms with Gasteiger partial charge in [0.25, 0.3) is 0 Å². The fourth-order valence-corrected chi connectivity index (χ4v) is 4.24. The van der Waals surface area contributed by atoms with E-state index in [9.17, 15) is 4.79 Å². The summed E-state index contributed by atoms with van der Waals surface area (Å²) in [4.78, 5) is 15.2. The Morgan fingerprint density at radius 2 is 1.77 bits per heavy atom. The summed E-state index contributed by atoms with van der Waals surface area (Å²) in [6, 6.07) is 0.474. The largest absolute Gasteiger partial charge is 0.381 e. The summed E-state index contributed by atoms with van der Waals surface area (Å²) in [5.41, 5.74) is 0. The Morgan fingerprint density at radius 3 is 2.32 bits per heavy atom. The normalized spacial score (nSPS) is 36.1. The Bertz CT molecular complexity index is 373. The number of hydrogen-bond donors (Lipinski definition) is 1. The Kier molecular flexibility index (Phi) is 5.40. The molecule has 1 saturated heterocycles. The number of methoxy groups -OCH3 is 1. The predicted octanol–water partition coefficient (Wildman–Crippen LogP) is 2.43. The van der Waals surface area contributed by atoms with Crippen LogP contribution in [0, 0.1) is 17.8 Å². The van der Waals surface area contributed by atoms with E-state index in [4.69, 9.17) is 4.74 Å². The van der Waals surface area contributed by atoms with Gasteiger partial charge in [-0.2, -0.15) is 0 Å². The van der Waals surface area contributed by atoms with Crippen molar-refractivity contribution in [2.45, 2.75) is 64.0 Å². The molecule has 22 heavy (non-hydrogen) atoms. The number of rotatable bonds is 5. The van der Waals surface area contributed by atoms with E-state index in [1.165, 1.54) is 12.8 Å². The zero-order valence-electron chi connectivity index (χ0n) is 14.2. The topological polar surface area (TPSA) is 41.6 Å². The van der Waals surface area contributed by atoms with E-state index in [0.717, 1.165) is 51.7 Å². The molecule has 0 aromatic rings. The van der Waals surface area contributed by atoms with Gasteiger partial charge in [0.05, 0.1) is 6.10 Å². The number of nitrogens with zero attached hydrogens (tertiary/aromatic N) is 1. The van der Waals surface area contributed by atoms with Gasteiger partial charge in [0, 0.05) is 25.6 Å². The lowest BCUT2D eigenvalue weighted by Crippen LogP contribution is -2.49. The minimum absolute atomic E-state index is 0.324. The van der Waals surface area contributed by atoms with Crippen molar-refractivity contribution in [3.63, 3.8) is 0 Å². The van der Waals surface area contributed by atoms with E-state index in [1.54, 1.807) is 0 Å². The van der Waals surface area contributed by atoms with Gasteiger partial charge in [-0.15, -0.1) is 0 Å². The van der Waals surface area contributed by atoms with Crippen LogP contribution in [0.25, 0.3) is 0 Å². The van der Waals surface area contributed by atoms with E-state index in [0.29, 0.717) is 35.8 Å². The first-order valence-electron chi connectivity index (χ1n) is 9.23. The molecule has 126 valence electrons. The molecular weight excluding hydrogens is 276 g/mol. The molecule has 4 nitrogen and oxygen atoms in total. The fraction of sp³-hybridized carbons (Fsp3) is 0.944. The van der Waals surface area contributed by atoms with Crippen LogP contribution in [0.2, 0.25) is 0 Å². The summed E-state index contributed by atoms with van der Waals surface area (Å²) < 4.78 is 5.48. The molecule has 2 aliphatic carbocycles. The highest BCUT2D eigenvalue weighted by atomic mass is 16.5. The molecule has 1 amide bonds. The molecule has 0 radical (unpaired) electrons. The second-order valence-corrected chi connectivity index (χ2v) is 7.67. The van der Waals surface area contributed by atoms with Crippen LogP contribution in [0.4, 0.5) is 0 Å². The molecule has 0 aromatic heterocycles. The molecule has 2 unspecified atom stereocenters. The third kappa shape index (κ3) is 3.83. The van der Waals surface area contributed by atoms with Gasteiger partial charge in [0.2, 0.25) is 5.91 Å². The second-order valence-electron chi connectivity index (χ2n) is 7.67. The van der Waals surface area contributed by atoms with Crippen LogP contribution in [-0.4, -0.2) is 49.7 Å². The second kappa shape index (κ2) is 7.31. The molecule has 2 saturated carbocycles. The zero-order chi connectivity index (χ0) is 15.5. The summed E-state index contributed by atoms with van der Waals surface area (Å²) in [5.74, 6) is 2.07. The highest BCUT2D eigenvalue weighted by molar-refractivity contribution is 5.82. The first-order valence-corrected chi connectivity index (χ1v) is 9.23. The van der Waals surface area contributed by atoms with E-state index in [-0.39, 0.29) is 0 Å². The average Bonchev–Trinajstić information content (AvgIpc) is 3.30. The number of carbonyl (C=O) groups is 1. The van der Waals surface area contributed by atoms with Gasteiger partial charge in [-0.25, -0.2) is 0 Å². The van der Waals surface area contributed by atoms with Crippen LogP contribution in [0.5, 0.6) is 0 Å². The maximum atomic E-state index is 12.9. The molecule has 0 spiro atoms. The molecule has 4 heteroatoms. The van der Waals surface area contributed by atoms with Gasteiger partial charge >= 0.3 is 0 Å². The van der Waals surface area contributed by atoms with Crippen molar-refractivity contribution < 1.29 is 9.53 Å². The quantitative estimate of drug-likeness (QED) is 0.848. The minimum atomic E-state index is 0.324. The third-order valence-corrected chi connectivity index (χ3v) is 6.04. The van der Waals surface area contributed by atoms with E-state index >= 15 is 0 Å². The highest BCUT2D eigenvalue weighted by Crippen LogP contribution is 2.40. The number of piperidine rings is 1. The number of ether oxygens (including phenoxy) is 1. The van der Waals surface area contributed by atoms with Gasteiger partial charge in [-0.1, -0.05) is 6.92 Å². The van der Waals surface area contributed by atoms with Gasteiger partial charge in [0.15, 0.2) is 0 Å². The number of amides is 1. The number of nitrogens with one attached hydrogen (secondary N) is 1. The van der Waals surface area contributed by atoms with Crippen molar-refractivity contribution in [1.29, 1.82) is 0 Å². The third-order valence-electron chi connectivity index (χ3n) is 6.04. The van der Waals surface area contributed by atoms with Gasteiger partial charge in [0.1, 0.15) is 0 Å². The first-order chi connectivity index (χ1) is 10.7. The average molecular weight is 308 g/mol. The van der Waals surface area contributed by atoms with Crippen LogP contribution in [0.3, 0.4) is 0 Å². The predicted molar refractivity (Wildman–Crippen MR) is 87.6 cm³/mol. The molecule has 0 bridgehead atoms. The highest BCUT2D eigenvalue weighted by Gasteiger charge is 2.43. The minimum Gasteiger partial charge on any atom is -0.381 e. The maximum Gasteiger partial charge on any atom is 0.226 e. The zero-order valence-corrected chi connectivity index (χ0v) is 14.2. The molecule has 1 aliphatic heterocycles. The summed E-state index contributed by atoms with van der Waals surface area (Å²) in [6.45, 7) is 5.33. The van der Waals surface area contributed by atoms with Crippen LogP contribution in [0.15, 0.2) is 0 Å². The van der Waals surface area contributed by atoms with Crippen molar-refractivity contribution in [2.75, 3.05) is 26.7 Å². The van der Waals surface area contributed by atoms with Gasteiger partial charge in [-0.3, -0.25) is 4.79 Å². The molecular formula is C18H32N2O2. The summed E-state index contributed by atoms with van der Waals surface area (Å²) in [6.07, 6.45) is 8.56. The Balaban J connectivity index is 1.59. The lowest BCUT2D eigenvalue weighted by molar-refractivity contribution is -0.137. The molecule has 3 fully saturated rings. The standard InChI is InChI=1S/C18H32N2O2/c1-13-11-17(13)18(21)20(15-7-9-19-10-8-15)12-14-3-5-16(22-2)6-4-14/h13-17,19H,3-12H2,1-2H3. The summed E-state index contributed by atoms with van der Waals surface area (Å²) in [5, 5.41) is 3.42. The van der Waals surface area contributed by atoms with Crippen molar-refractivity contribution in [1.82, 2.24) is 10.2 Å². The first kappa shape index (κ1) is 16.3. The molecule has 2 atom stereocenters. The van der Waals surface area contributed by atoms with Crippen LogP contribution < -0.4 is 5.32 Å². The van der Waals surface area contributed by atoms with Gasteiger partial charge in [-0.05, 0) is 69.9 Å². The molecule has 1 heterocycles. The van der Waals surface area contributed by atoms with Crippen LogP contribution in [0.1, 0.15) is 51.9 Å². The molecule has 3 rings (SSSR count). The fourth-order valence-electron chi connectivity index (χ4n) is 4.24. The SMILES string of the molecule is COC1CCC(CN(C(=O)C2CC2C)C2CCNCC2)CC1. The van der Waals surface area contributed by atoms with Crippen LogP contribution in [-0.2, 0) is 9.53 Å². The maximum absolute atomic E-state index is 12.9. The molecule has 0 aromatic carbocycles. The van der Waals surface area contributed by atoms with E-state index in [1.807, 2.05) is 7.11 Å². The van der Waals surface area contributed by atoms with E-state index in [2.05, 4.69) is 17.1 Å². The smallest absolute Gasteiger partial charge is 0.226 e. The van der Waals surface area contributed by atoms with Crippen LogP contribution >= 0.6 is 0 Å². The number of hydrogen-bond acceptors (Lipinski definition) is 3. The van der Waals surface area contributed by atoms with Crippen molar-refractivity contribution in [3.05, 3.63) is 0 Å².